The quantitative estimate of drug-likeness (QED) is 0.348. The molecule has 168 valence electrons. The Hall–Kier alpha value is -3.60. The Morgan fingerprint density at radius 2 is 0.788 bits per heavy atom. The molecule has 0 aliphatic carbocycles. The average Bonchev–Trinajstić information content (AvgIpc) is 2.89. The molecule has 0 aromatic heterocycles. The van der Waals surface area contributed by atoms with Crippen molar-refractivity contribution in [2.45, 2.75) is 5.41 Å². The molecule has 4 rings (SSSR count). The van der Waals surface area contributed by atoms with Crippen molar-refractivity contribution in [1.29, 1.82) is 0 Å². The highest BCUT2D eigenvalue weighted by Crippen LogP contribution is 2.45. The summed E-state index contributed by atoms with van der Waals surface area (Å²) >= 11 is 0. The minimum absolute atomic E-state index is 0.0234. The first-order chi connectivity index (χ1) is 16.3. The van der Waals surface area contributed by atoms with Crippen LogP contribution >= 0.6 is 0 Å². The van der Waals surface area contributed by atoms with Crippen LogP contribution in [0.1, 0.15) is 22.3 Å². The number of aliphatic hydroxyl groups is 2. The van der Waals surface area contributed by atoms with Crippen molar-refractivity contribution >= 4 is 0 Å². The fraction of sp³-hybridized carbons (Fsp3) is 0.172. The summed E-state index contributed by atoms with van der Waals surface area (Å²) in [6, 6.07) is 37.0. The molecule has 0 saturated heterocycles. The van der Waals surface area contributed by atoms with E-state index in [2.05, 4.69) is 72.8 Å². The Morgan fingerprint density at radius 3 is 1.12 bits per heavy atom. The predicted molar refractivity (Wildman–Crippen MR) is 130 cm³/mol. The Balaban J connectivity index is 1.92. The number of hydrogen-bond donors (Lipinski definition) is 2. The third-order valence-electron chi connectivity index (χ3n) is 5.71. The summed E-state index contributed by atoms with van der Waals surface area (Å²) in [7, 11) is 0. The van der Waals surface area contributed by atoms with Gasteiger partial charge in [-0.15, -0.1) is 0 Å². The van der Waals surface area contributed by atoms with E-state index < -0.39 is 5.41 Å². The molecular formula is C29H28O4. The molecular weight excluding hydrogens is 412 g/mol. The van der Waals surface area contributed by atoms with Crippen LogP contribution in [0.3, 0.4) is 0 Å². The van der Waals surface area contributed by atoms with Gasteiger partial charge in [0.15, 0.2) is 0 Å². The lowest BCUT2D eigenvalue weighted by Gasteiger charge is -2.37. The van der Waals surface area contributed by atoms with Crippen LogP contribution in [0.25, 0.3) is 0 Å². The molecule has 2 N–H and O–H groups in total. The smallest absolute Gasteiger partial charge is 0.119 e. The van der Waals surface area contributed by atoms with E-state index in [1.165, 1.54) is 0 Å². The zero-order valence-electron chi connectivity index (χ0n) is 18.4. The highest BCUT2D eigenvalue weighted by Gasteiger charge is 2.38. The SMILES string of the molecule is OCCOc1ccc(C(c2ccccc2)(c2ccccc2)c2ccc(OCCO)cc2)cc1. The van der Waals surface area contributed by atoms with Crippen LogP contribution in [-0.2, 0) is 5.41 Å². The average molecular weight is 441 g/mol. The van der Waals surface area contributed by atoms with Crippen molar-refractivity contribution in [3.05, 3.63) is 131 Å². The van der Waals surface area contributed by atoms with Crippen molar-refractivity contribution < 1.29 is 19.7 Å². The van der Waals surface area contributed by atoms with Crippen LogP contribution in [0.4, 0.5) is 0 Å². The lowest BCUT2D eigenvalue weighted by molar-refractivity contribution is 0.201. The Bertz CT molecular complexity index is 1010. The molecule has 0 radical (unpaired) electrons. The molecule has 0 fully saturated rings. The normalized spacial score (nSPS) is 11.2. The Labute approximate surface area is 194 Å². The van der Waals surface area contributed by atoms with Gasteiger partial charge in [-0.1, -0.05) is 84.9 Å². The van der Waals surface area contributed by atoms with E-state index in [1.807, 2.05) is 36.4 Å². The number of hydrogen-bond acceptors (Lipinski definition) is 4. The summed E-state index contributed by atoms with van der Waals surface area (Å²) in [6.45, 7) is 0.475. The largest absolute Gasteiger partial charge is 0.491 e. The van der Waals surface area contributed by atoms with Gasteiger partial charge in [-0.3, -0.25) is 0 Å². The van der Waals surface area contributed by atoms with Gasteiger partial charge in [0.2, 0.25) is 0 Å². The summed E-state index contributed by atoms with van der Waals surface area (Å²) < 4.78 is 11.2. The van der Waals surface area contributed by atoms with E-state index in [4.69, 9.17) is 19.7 Å². The standard InChI is InChI=1S/C29H28O4/c30-19-21-32-27-15-11-25(12-16-27)29(23-7-3-1-4-8-23,24-9-5-2-6-10-24)26-13-17-28(18-14-26)33-22-20-31/h1-18,30-31H,19-22H2. The second-order valence-electron chi connectivity index (χ2n) is 7.67. The van der Waals surface area contributed by atoms with Gasteiger partial charge in [0, 0.05) is 0 Å². The van der Waals surface area contributed by atoms with Gasteiger partial charge in [0.25, 0.3) is 0 Å². The summed E-state index contributed by atoms with van der Waals surface area (Å²) in [5, 5.41) is 18.2. The molecule has 4 heteroatoms. The van der Waals surface area contributed by atoms with Crippen LogP contribution in [0.5, 0.6) is 11.5 Å². The van der Waals surface area contributed by atoms with Crippen LogP contribution in [0, 0.1) is 0 Å². The first-order valence-corrected chi connectivity index (χ1v) is 11.1. The van der Waals surface area contributed by atoms with Crippen molar-refractivity contribution in [3.63, 3.8) is 0 Å². The zero-order chi connectivity index (χ0) is 22.9. The van der Waals surface area contributed by atoms with E-state index in [0.29, 0.717) is 0 Å². The van der Waals surface area contributed by atoms with E-state index in [9.17, 15) is 0 Å². The van der Waals surface area contributed by atoms with Crippen LogP contribution < -0.4 is 9.47 Å². The highest BCUT2D eigenvalue weighted by atomic mass is 16.5. The number of ether oxygens (including phenoxy) is 2. The van der Waals surface area contributed by atoms with Crippen molar-refractivity contribution in [3.8, 4) is 11.5 Å². The summed E-state index contributed by atoms with van der Waals surface area (Å²) in [4.78, 5) is 0. The van der Waals surface area contributed by atoms with Gasteiger partial charge in [-0.05, 0) is 46.5 Å². The molecule has 0 bridgehead atoms. The van der Waals surface area contributed by atoms with Gasteiger partial charge >= 0.3 is 0 Å². The molecule has 0 saturated carbocycles. The third-order valence-corrected chi connectivity index (χ3v) is 5.71. The van der Waals surface area contributed by atoms with Gasteiger partial charge in [-0.2, -0.15) is 0 Å². The maximum absolute atomic E-state index is 9.08. The molecule has 0 spiro atoms. The minimum Gasteiger partial charge on any atom is -0.491 e. The highest BCUT2D eigenvalue weighted by molar-refractivity contribution is 5.60. The van der Waals surface area contributed by atoms with E-state index in [-0.39, 0.29) is 26.4 Å². The number of benzene rings is 4. The number of aliphatic hydroxyl groups excluding tert-OH is 2. The van der Waals surface area contributed by atoms with Gasteiger partial charge in [-0.25, -0.2) is 0 Å². The first kappa shape index (κ1) is 22.6. The van der Waals surface area contributed by atoms with Crippen LogP contribution in [0.2, 0.25) is 0 Å². The fourth-order valence-electron chi connectivity index (χ4n) is 4.31. The molecule has 0 unspecified atom stereocenters. The maximum atomic E-state index is 9.08. The van der Waals surface area contributed by atoms with Crippen molar-refractivity contribution in [2.24, 2.45) is 0 Å². The van der Waals surface area contributed by atoms with Crippen molar-refractivity contribution in [1.82, 2.24) is 0 Å². The second-order valence-corrected chi connectivity index (χ2v) is 7.67. The van der Waals surface area contributed by atoms with E-state index >= 15 is 0 Å². The minimum atomic E-state index is -0.562. The molecule has 0 heterocycles. The van der Waals surface area contributed by atoms with Gasteiger partial charge in [0.05, 0.1) is 18.6 Å². The van der Waals surface area contributed by atoms with Crippen LogP contribution in [0.15, 0.2) is 109 Å². The fourth-order valence-corrected chi connectivity index (χ4v) is 4.31. The lowest BCUT2D eigenvalue weighted by Crippen LogP contribution is -2.31. The predicted octanol–water partition coefficient (Wildman–Crippen LogP) is 4.81. The molecule has 0 amide bonds. The monoisotopic (exact) mass is 440 g/mol. The topological polar surface area (TPSA) is 58.9 Å². The third kappa shape index (κ3) is 4.77. The maximum Gasteiger partial charge on any atom is 0.119 e. The summed E-state index contributed by atoms with van der Waals surface area (Å²) in [6.07, 6.45) is 0. The molecule has 4 nitrogen and oxygen atoms in total. The van der Waals surface area contributed by atoms with Crippen molar-refractivity contribution in [2.75, 3.05) is 26.4 Å². The van der Waals surface area contributed by atoms with E-state index in [1.54, 1.807) is 0 Å². The molecule has 4 aromatic rings. The van der Waals surface area contributed by atoms with E-state index in [0.717, 1.165) is 33.8 Å². The number of rotatable bonds is 10. The molecule has 0 aliphatic heterocycles. The zero-order valence-corrected chi connectivity index (χ0v) is 18.4. The summed E-state index contributed by atoms with van der Waals surface area (Å²) in [5.41, 5.74) is 3.92. The Kier molecular flexibility index (Phi) is 7.40. The Morgan fingerprint density at radius 1 is 0.455 bits per heavy atom. The van der Waals surface area contributed by atoms with Gasteiger partial charge in [0.1, 0.15) is 24.7 Å². The van der Waals surface area contributed by atoms with Gasteiger partial charge < -0.3 is 19.7 Å². The lowest BCUT2D eigenvalue weighted by atomic mass is 9.65. The molecule has 4 aromatic carbocycles. The molecule has 0 aliphatic rings. The second kappa shape index (κ2) is 10.8. The van der Waals surface area contributed by atoms with Crippen LogP contribution in [-0.4, -0.2) is 36.6 Å². The molecule has 33 heavy (non-hydrogen) atoms. The molecule has 0 atom stereocenters. The first-order valence-electron chi connectivity index (χ1n) is 11.1. The summed E-state index contributed by atoms with van der Waals surface area (Å²) in [5.74, 6) is 1.44.